The number of amides is 1. The maximum absolute atomic E-state index is 12.9. The van der Waals surface area contributed by atoms with E-state index >= 15 is 0 Å². The molecule has 0 N–H and O–H groups in total. The molecule has 2 bridgehead atoms. The second-order valence-electron chi connectivity index (χ2n) is 11.2. The number of nitrogens with zero attached hydrogens (tertiary/aromatic N) is 3. The fourth-order valence-electron chi connectivity index (χ4n) is 5.46. The molecule has 162 valence electrons. The maximum Gasteiger partial charge on any atom is 0.277 e. The average Bonchev–Trinajstić information content (AvgIpc) is 3.20. The number of carbonyl (C=O) groups excluding carboxylic acids is 1. The van der Waals surface area contributed by atoms with Crippen molar-refractivity contribution in [1.29, 1.82) is 0 Å². The van der Waals surface area contributed by atoms with Crippen LogP contribution in [-0.4, -0.2) is 39.3 Å². The lowest BCUT2D eigenvalue weighted by Gasteiger charge is -2.39. The molecule has 30 heavy (non-hydrogen) atoms. The van der Waals surface area contributed by atoms with Crippen LogP contribution in [0, 0.1) is 10.8 Å². The van der Waals surface area contributed by atoms with Crippen LogP contribution in [0.25, 0.3) is 11.5 Å². The van der Waals surface area contributed by atoms with Crippen molar-refractivity contribution in [3.05, 3.63) is 29.8 Å². The van der Waals surface area contributed by atoms with Gasteiger partial charge in [0, 0.05) is 18.2 Å². The third kappa shape index (κ3) is 4.43. The van der Waals surface area contributed by atoms with Gasteiger partial charge in [0.1, 0.15) is 0 Å². The topological polar surface area (TPSA) is 59.2 Å². The number of carbonyl (C=O) groups is 1. The summed E-state index contributed by atoms with van der Waals surface area (Å²) in [5, 5.41) is 8.77. The SMILES string of the molecule is CC1(C)C[C@H]2C[C@](C)(CN2C(=O)CSc2nnc(-c3ccc(C(C)(C)C)cc3)o2)C1. The van der Waals surface area contributed by atoms with Crippen molar-refractivity contribution in [3.63, 3.8) is 0 Å². The summed E-state index contributed by atoms with van der Waals surface area (Å²) in [5.41, 5.74) is 2.83. The Kier molecular flexibility index (Phi) is 5.28. The molecule has 4 rings (SSSR count). The van der Waals surface area contributed by atoms with Crippen molar-refractivity contribution in [2.75, 3.05) is 12.3 Å². The molecule has 0 spiro atoms. The number of rotatable bonds is 4. The van der Waals surface area contributed by atoms with Gasteiger partial charge in [-0.2, -0.15) is 0 Å². The van der Waals surface area contributed by atoms with E-state index in [0.29, 0.717) is 28.3 Å². The van der Waals surface area contributed by atoms with Crippen molar-refractivity contribution in [2.24, 2.45) is 10.8 Å². The first-order chi connectivity index (χ1) is 13.9. The minimum absolute atomic E-state index is 0.106. The zero-order chi connectivity index (χ0) is 21.7. The molecule has 2 aromatic rings. The van der Waals surface area contributed by atoms with Crippen molar-refractivity contribution in [3.8, 4) is 11.5 Å². The van der Waals surface area contributed by atoms with Crippen LogP contribution in [0.4, 0.5) is 0 Å². The van der Waals surface area contributed by atoms with E-state index in [4.69, 9.17) is 4.42 Å². The number of likely N-dealkylation sites (tertiary alicyclic amines) is 1. The van der Waals surface area contributed by atoms with Crippen LogP contribution in [0.5, 0.6) is 0 Å². The van der Waals surface area contributed by atoms with Crippen LogP contribution in [0.1, 0.15) is 66.4 Å². The number of hydrogen-bond acceptors (Lipinski definition) is 5. The van der Waals surface area contributed by atoms with Crippen molar-refractivity contribution < 1.29 is 9.21 Å². The minimum Gasteiger partial charge on any atom is -0.411 e. The summed E-state index contributed by atoms with van der Waals surface area (Å²) in [6, 6.07) is 8.60. The van der Waals surface area contributed by atoms with Gasteiger partial charge in [-0.25, -0.2) is 0 Å². The Bertz CT molecular complexity index is 929. The predicted octanol–water partition coefficient (Wildman–Crippen LogP) is 5.55. The highest BCUT2D eigenvalue weighted by Crippen LogP contribution is 2.52. The van der Waals surface area contributed by atoms with E-state index < -0.39 is 0 Å². The summed E-state index contributed by atoms with van der Waals surface area (Å²) in [7, 11) is 0. The third-order valence-corrected chi connectivity index (χ3v) is 7.26. The van der Waals surface area contributed by atoms with Gasteiger partial charge in [-0.05, 0) is 53.2 Å². The van der Waals surface area contributed by atoms with Crippen LogP contribution >= 0.6 is 11.8 Å². The van der Waals surface area contributed by atoms with E-state index in [9.17, 15) is 4.79 Å². The van der Waals surface area contributed by atoms with Gasteiger partial charge in [0.05, 0.1) is 5.75 Å². The Morgan fingerprint density at radius 3 is 2.53 bits per heavy atom. The zero-order valence-corrected chi connectivity index (χ0v) is 19.8. The van der Waals surface area contributed by atoms with Gasteiger partial charge in [-0.15, -0.1) is 10.2 Å². The van der Waals surface area contributed by atoms with Gasteiger partial charge >= 0.3 is 0 Å². The van der Waals surface area contributed by atoms with Crippen molar-refractivity contribution in [1.82, 2.24) is 15.1 Å². The predicted molar refractivity (Wildman–Crippen MR) is 120 cm³/mol. The van der Waals surface area contributed by atoms with E-state index in [-0.39, 0.29) is 16.7 Å². The van der Waals surface area contributed by atoms with E-state index in [0.717, 1.165) is 24.9 Å². The van der Waals surface area contributed by atoms with Gasteiger partial charge in [-0.1, -0.05) is 65.4 Å². The summed E-state index contributed by atoms with van der Waals surface area (Å²) in [5.74, 6) is 1.02. The van der Waals surface area contributed by atoms with Gasteiger partial charge < -0.3 is 9.32 Å². The molecule has 1 aromatic carbocycles. The molecule has 2 atom stereocenters. The second-order valence-corrected chi connectivity index (χ2v) is 12.2. The standard InChI is InChI=1S/C24H33N3O2S/c1-22(2,3)17-9-7-16(8-10-17)20-25-26-21(29-20)30-13-19(28)27-15-24(6)12-18(27)11-23(4,5)14-24/h7-10,18H,11-15H2,1-6H3/t18-,24-/m0/s1. The number of benzene rings is 1. The van der Waals surface area contributed by atoms with E-state index in [2.05, 4.69) is 68.8 Å². The molecule has 1 amide bonds. The van der Waals surface area contributed by atoms with Crippen LogP contribution in [-0.2, 0) is 10.2 Å². The molecule has 1 aliphatic heterocycles. The minimum atomic E-state index is 0.106. The lowest BCUT2D eigenvalue weighted by atomic mass is 9.65. The van der Waals surface area contributed by atoms with Gasteiger partial charge in [-0.3, -0.25) is 4.79 Å². The highest BCUT2D eigenvalue weighted by molar-refractivity contribution is 7.99. The van der Waals surface area contributed by atoms with E-state index in [1.165, 1.54) is 23.7 Å². The molecular weight excluding hydrogens is 394 g/mol. The Hall–Kier alpha value is -1.82. The molecule has 1 aliphatic carbocycles. The van der Waals surface area contributed by atoms with Gasteiger partial charge in [0.15, 0.2) is 0 Å². The molecule has 2 fully saturated rings. The highest BCUT2D eigenvalue weighted by atomic mass is 32.2. The molecule has 0 unspecified atom stereocenters. The molecule has 5 nitrogen and oxygen atoms in total. The van der Waals surface area contributed by atoms with E-state index in [1.807, 2.05) is 12.1 Å². The Labute approximate surface area is 184 Å². The molecule has 6 heteroatoms. The monoisotopic (exact) mass is 427 g/mol. The summed E-state index contributed by atoms with van der Waals surface area (Å²) in [6.45, 7) is 14.4. The lowest BCUT2D eigenvalue weighted by molar-refractivity contribution is -0.129. The van der Waals surface area contributed by atoms with Crippen molar-refractivity contribution in [2.45, 2.75) is 77.5 Å². The number of fused-ring (bicyclic) bond motifs is 2. The largest absolute Gasteiger partial charge is 0.411 e. The first kappa shape index (κ1) is 21.4. The smallest absolute Gasteiger partial charge is 0.277 e. The summed E-state index contributed by atoms with van der Waals surface area (Å²) in [6.07, 6.45) is 3.41. The summed E-state index contributed by atoms with van der Waals surface area (Å²) >= 11 is 1.34. The lowest BCUT2D eigenvalue weighted by Crippen LogP contribution is -2.38. The average molecular weight is 428 g/mol. The van der Waals surface area contributed by atoms with E-state index in [1.54, 1.807) is 0 Å². The fraction of sp³-hybridized carbons (Fsp3) is 0.625. The van der Waals surface area contributed by atoms with Gasteiger partial charge in [0.2, 0.25) is 11.8 Å². The summed E-state index contributed by atoms with van der Waals surface area (Å²) in [4.78, 5) is 15.0. The number of thioether (sulfide) groups is 1. The quantitative estimate of drug-likeness (QED) is 0.599. The molecule has 1 saturated heterocycles. The van der Waals surface area contributed by atoms with Crippen LogP contribution < -0.4 is 0 Å². The second kappa shape index (κ2) is 7.40. The van der Waals surface area contributed by atoms with Crippen molar-refractivity contribution >= 4 is 17.7 Å². The first-order valence-electron chi connectivity index (χ1n) is 10.8. The molecule has 0 radical (unpaired) electrons. The zero-order valence-electron chi connectivity index (χ0n) is 19.0. The third-order valence-electron chi connectivity index (χ3n) is 6.46. The molecule has 1 aromatic heterocycles. The molecule has 2 aliphatic rings. The number of hydrogen-bond donors (Lipinski definition) is 0. The Morgan fingerprint density at radius 2 is 1.87 bits per heavy atom. The fourth-order valence-corrected chi connectivity index (χ4v) is 6.10. The summed E-state index contributed by atoms with van der Waals surface area (Å²) < 4.78 is 5.82. The first-order valence-corrected chi connectivity index (χ1v) is 11.8. The number of aromatic nitrogens is 2. The van der Waals surface area contributed by atoms with Gasteiger partial charge in [0.25, 0.3) is 5.22 Å². The molecule has 1 saturated carbocycles. The maximum atomic E-state index is 12.9. The van der Waals surface area contributed by atoms with Crippen LogP contribution in [0.15, 0.2) is 33.9 Å². The van der Waals surface area contributed by atoms with Crippen LogP contribution in [0.2, 0.25) is 0 Å². The molecular formula is C24H33N3O2S. The normalized spacial score (nSPS) is 25.5. The Balaban J connectivity index is 1.37. The highest BCUT2D eigenvalue weighted by Gasteiger charge is 2.50. The Morgan fingerprint density at radius 1 is 1.17 bits per heavy atom. The van der Waals surface area contributed by atoms with Crippen LogP contribution in [0.3, 0.4) is 0 Å². The molecule has 2 heterocycles.